The van der Waals surface area contributed by atoms with Gasteiger partial charge in [0.1, 0.15) is 12.4 Å². The van der Waals surface area contributed by atoms with E-state index in [1.807, 2.05) is 48.5 Å². The molecule has 1 heterocycles. The smallest absolute Gasteiger partial charge is 0.318 e. The van der Waals surface area contributed by atoms with Crippen LogP contribution >= 0.6 is 0 Å². The number of halogens is 1. The molecule has 0 aliphatic carbocycles. The van der Waals surface area contributed by atoms with Crippen molar-refractivity contribution in [2.24, 2.45) is 0 Å². The number of hydrogen-bond donors (Lipinski definition) is 1. The number of carbonyl (C=O) groups is 1. The number of carbonyl (C=O) groups excluding carboxylic acids is 1. The maximum atomic E-state index is 13.9. The summed E-state index contributed by atoms with van der Waals surface area (Å²) in [5.74, 6) is -0.674. The Balaban J connectivity index is 1.66. The van der Waals surface area contributed by atoms with E-state index in [0.29, 0.717) is 5.75 Å². The number of aromatic nitrogens is 2. The van der Waals surface area contributed by atoms with Crippen LogP contribution < -0.4 is 14.8 Å². The molecule has 6 nitrogen and oxygen atoms in total. The second-order valence-corrected chi connectivity index (χ2v) is 5.66. The van der Waals surface area contributed by atoms with Crippen LogP contribution in [0.3, 0.4) is 0 Å². The molecule has 3 rings (SSSR count). The third-order valence-corrected chi connectivity index (χ3v) is 3.74. The van der Waals surface area contributed by atoms with Crippen LogP contribution in [0.2, 0.25) is 0 Å². The van der Waals surface area contributed by atoms with Crippen molar-refractivity contribution >= 4 is 11.7 Å². The molecule has 27 heavy (non-hydrogen) atoms. The lowest BCUT2D eigenvalue weighted by Gasteiger charge is -2.10. The maximum Gasteiger partial charge on any atom is 0.318 e. The van der Waals surface area contributed by atoms with Gasteiger partial charge < -0.3 is 14.8 Å². The summed E-state index contributed by atoms with van der Waals surface area (Å²) < 4.78 is 24.7. The zero-order valence-electron chi connectivity index (χ0n) is 14.7. The highest BCUT2D eigenvalue weighted by Gasteiger charge is 2.12. The van der Waals surface area contributed by atoms with Gasteiger partial charge in [-0.25, -0.2) is 9.37 Å². The summed E-state index contributed by atoms with van der Waals surface area (Å²) >= 11 is 0. The molecular formula is C20H18FN3O3. The number of benzene rings is 2. The minimum absolute atomic E-state index is 0.0442. The number of anilines is 1. The Morgan fingerprint density at radius 3 is 2.63 bits per heavy atom. The Morgan fingerprint density at radius 1 is 1.11 bits per heavy atom. The quantitative estimate of drug-likeness (QED) is 0.693. The van der Waals surface area contributed by atoms with E-state index in [1.165, 1.54) is 0 Å². The number of amides is 1. The Bertz CT molecular complexity index is 919. The van der Waals surface area contributed by atoms with Gasteiger partial charge in [-0.1, -0.05) is 48.5 Å². The van der Waals surface area contributed by atoms with E-state index in [4.69, 9.17) is 9.47 Å². The zero-order chi connectivity index (χ0) is 19.1. The van der Waals surface area contributed by atoms with Crippen molar-refractivity contribution in [1.29, 1.82) is 0 Å². The highest BCUT2D eigenvalue weighted by Crippen LogP contribution is 2.20. The van der Waals surface area contributed by atoms with E-state index in [-0.39, 0.29) is 30.8 Å². The standard InChI is InChI=1S/C20H18FN3O3/c1-26-17-10-6-5-9-15(17)13-27-20-22-12-16(21)19(24-20)23-18(25)11-14-7-3-2-4-8-14/h2-10,12H,11,13H2,1H3,(H,22,23,24,25). The van der Waals surface area contributed by atoms with E-state index >= 15 is 0 Å². The van der Waals surface area contributed by atoms with Gasteiger partial charge >= 0.3 is 6.01 Å². The first kappa shape index (κ1) is 18.3. The SMILES string of the molecule is COc1ccccc1COc1ncc(F)c(NC(=O)Cc2ccccc2)n1. The van der Waals surface area contributed by atoms with Crippen molar-refractivity contribution in [3.8, 4) is 11.8 Å². The molecule has 0 saturated carbocycles. The first-order chi connectivity index (χ1) is 13.2. The maximum absolute atomic E-state index is 13.9. The summed E-state index contributed by atoms with van der Waals surface area (Å²) in [6.45, 7) is 0.146. The van der Waals surface area contributed by atoms with Gasteiger partial charge in [0.25, 0.3) is 0 Å². The molecule has 1 amide bonds. The normalized spacial score (nSPS) is 10.3. The molecule has 1 aromatic heterocycles. The van der Waals surface area contributed by atoms with Crippen molar-refractivity contribution in [1.82, 2.24) is 9.97 Å². The van der Waals surface area contributed by atoms with Crippen LogP contribution in [-0.2, 0) is 17.8 Å². The summed E-state index contributed by atoms with van der Waals surface area (Å²) in [6.07, 6.45) is 1.07. The predicted octanol–water partition coefficient (Wildman–Crippen LogP) is 3.38. The molecule has 1 N–H and O–H groups in total. The lowest BCUT2D eigenvalue weighted by molar-refractivity contribution is -0.115. The number of methoxy groups -OCH3 is 1. The number of para-hydroxylation sites is 1. The van der Waals surface area contributed by atoms with Gasteiger partial charge in [0.05, 0.1) is 19.7 Å². The monoisotopic (exact) mass is 367 g/mol. The fraction of sp³-hybridized carbons (Fsp3) is 0.150. The van der Waals surface area contributed by atoms with Crippen molar-refractivity contribution in [3.63, 3.8) is 0 Å². The molecular weight excluding hydrogens is 349 g/mol. The number of ether oxygens (including phenoxy) is 2. The van der Waals surface area contributed by atoms with Crippen molar-refractivity contribution < 1.29 is 18.7 Å². The van der Waals surface area contributed by atoms with Crippen LogP contribution in [0.1, 0.15) is 11.1 Å². The Labute approximate surface area is 156 Å². The topological polar surface area (TPSA) is 73.3 Å². The van der Waals surface area contributed by atoms with Gasteiger partial charge in [-0.15, -0.1) is 0 Å². The Hall–Kier alpha value is -3.48. The first-order valence-electron chi connectivity index (χ1n) is 8.26. The van der Waals surface area contributed by atoms with Gasteiger partial charge in [-0.3, -0.25) is 4.79 Å². The number of nitrogens with zero attached hydrogens (tertiary/aromatic N) is 2. The predicted molar refractivity (Wildman–Crippen MR) is 98.1 cm³/mol. The number of hydrogen-bond acceptors (Lipinski definition) is 5. The molecule has 0 spiro atoms. The lowest BCUT2D eigenvalue weighted by Crippen LogP contribution is -2.17. The second kappa shape index (κ2) is 8.75. The molecule has 138 valence electrons. The van der Waals surface area contributed by atoms with Gasteiger partial charge in [0.15, 0.2) is 11.6 Å². The van der Waals surface area contributed by atoms with Crippen molar-refractivity contribution in [3.05, 3.63) is 77.7 Å². The minimum Gasteiger partial charge on any atom is -0.496 e. The third kappa shape index (κ3) is 5.01. The van der Waals surface area contributed by atoms with Crippen molar-refractivity contribution in [2.75, 3.05) is 12.4 Å². The van der Waals surface area contributed by atoms with Gasteiger partial charge in [0.2, 0.25) is 5.91 Å². The van der Waals surface area contributed by atoms with Gasteiger partial charge in [-0.05, 0) is 11.6 Å². The minimum atomic E-state index is -0.735. The average molecular weight is 367 g/mol. The molecule has 0 radical (unpaired) electrons. The van der Waals surface area contributed by atoms with E-state index in [9.17, 15) is 9.18 Å². The highest BCUT2D eigenvalue weighted by atomic mass is 19.1. The van der Waals surface area contributed by atoms with Crippen LogP contribution in [0.5, 0.6) is 11.8 Å². The van der Waals surface area contributed by atoms with Crippen LogP contribution in [0.25, 0.3) is 0 Å². The summed E-state index contributed by atoms with van der Waals surface area (Å²) in [7, 11) is 1.56. The van der Waals surface area contributed by atoms with E-state index in [0.717, 1.165) is 17.3 Å². The molecule has 2 aromatic carbocycles. The van der Waals surface area contributed by atoms with Gasteiger partial charge in [-0.2, -0.15) is 4.98 Å². The summed E-state index contributed by atoms with van der Waals surface area (Å²) in [6, 6.07) is 16.4. The van der Waals surface area contributed by atoms with Crippen LogP contribution in [-0.4, -0.2) is 23.0 Å². The molecule has 0 unspecified atom stereocenters. The summed E-state index contributed by atoms with van der Waals surface area (Å²) in [5, 5.41) is 2.45. The van der Waals surface area contributed by atoms with Gasteiger partial charge in [0, 0.05) is 5.56 Å². The fourth-order valence-electron chi connectivity index (χ4n) is 2.43. The molecule has 0 fully saturated rings. The van der Waals surface area contributed by atoms with Crippen molar-refractivity contribution in [2.45, 2.75) is 13.0 Å². The molecule has 0 aliphatic rings. The molecule has 7 heteroatoms. The summed E-state index contributed by atoms with van der Waals surface area (Å²) in [4.78, 5) is 19.9. The largest absolute Gasteiger partial charge is 0.496 e. The first-order valence-corrected chi connectivity index (χ1v) is 8.26. The molecule has 0 bridgehead atoms. The third-order valence-electron chi connectivity index (χ3n) is 3.74. The Kier molecular flexibility index (Phi) is 5.94. The molecule has 0 saturated heterocycles. The number of nitrogens with one attached hydrogen (secondary N) is 1. The molecule has 0 atom stereocenters. The second-order valence-electron chi connectivity index (χ2n) is 5.66. The zero-order valence-corrected chi connectivity index (χ0v) is 14.7. The fourth-order valence-corrected chi connectivity index (χ4v) is 2.43. The Morgan fingerprint density at radius 2 is 1.85 bits per heavy atom. The van der Waals surface area contributed by atoms with E-state index in [2.05, 4.69) is 15.3 Å². The molecule has 0 aliphatic heterocycles. The van der Waals surface area contributed by atoms with Crippen LogP contribution in [0.15, 0.2) is 60.8 Å². The molecule has 3 aromatic rings. The van der Waals surface area contributed by atoms with E-state index < -0.39 is 5.82 Å². The van der Waals surface area contributed by atoms with E-state index in [1.54, 1.807) is 13.2 Å². The van der Waals surface area contributed by atoms with Crippen LogP contribution in [0.4, 0.5) is 10.2 Å². The number of rotatable bonds is 7. The van der Waals surface area contributed by atoms with Crippen LogP contribution in [0, 0.1) is 5.82 Å². The average Bonchev–Trinajstić information content (AvgIpc) is 2.69. The highest BCUT2D eigenvalue weighted by molar-refractivity contribution is 5.91. The lowest BCUT2D eigenvalue weighted by atomic mass is 10.1. The summed E-state index contributed by atoms with van der Waals surface area (Å²) in [5.41, 5.74) is 1.61.